The zero-order chi connectivity index (χ0) is 18.8. The monoisotopic (exact) mass is 406 g/mol. The average molecular weight is 407 g/mol. The third kappa shape index (κ3) is 3.91. The number of nitrogens with zero attached hydrogens (tertiary/aromatic N) is 1. The molecule has 0 aliphatic rings. The van der Waals surface area contributed by atoms with Crippen LogP contribution in [0, 0.1) is 13.8 Å². The van der Waals surface area contributed by atoms with Crippen molar-refractivity contribution in [3.05, 3.63) is 67.5 Å². The van der Waals surface area contributed by atoms with Gasteiger partial charge in [0.05, 0.1) is 17.3 Å². The smallest absolute Gasteiger partial charge is 0.284 e. The number of rotatable bonds is 4. The van der Waals surface area contributed by atoms with E-state index in [-0.39, 0.29) is 12.5 Å². The molecule has 3 rings (SSSR count). The molecule has 0 spiro atoms. The van der Waals surface area contributed by atoms with Crippen molar-refractivity contribution in [2.75, 3.05) is 5.32 Å². The van der Waals surface area contributed by atoms with E-state index in [1.54, 1.807) is 23.6 Å². The predicted octanol–water partition coefficient (Wildman–Crippen LogP) is 5.48. The van der Waals surface area contributed by atoms with E-state index in [0.717, 1.165) is 22.4 Å². The van der Waals surface area contributed by atoms with Gasteiger partial charge in [0.2, 0.25) is 0 Å². The number of nitrogens with one attached hydrogen (secondary N) is 1. The Bertz CT molecular complexity index is 962. The first-order valence-corrected chi connectivity index (χ1v) is 9.46. The molecule has 134 valence electrons. The summed E-state index contributed by atoms with van der Waals surface area (Å²) in [5.41, 5.74) is 4.61. The van der Waals surface area contributed by atoms with Crippen LogP contribution in [0.25, 0.3) is 11.3 Å². The lowest BCUT2D eigenvalue weighted by atomic mass is 10.0. The quantitative estimate of drug-likeness (QED) is 0.602. The molecule has 1 amide bonds. The van der Waals surface area contributed by atoms with E-state index < -0.39 is 0 Å². The van der Waals surface area contributed by atoms with E-state index in [1.807, 2.05) is 26.0 Å². The second-order valence-corrected chi connectivity index (χ2v) is 7.58. The van der Waals surface area contributed by atoms with Crippen LogP contribution in [0.4, 0.5) is 5.69 Å². The van der Waals surface area contributed by atoms with E-state index in [4.69, 9.17) is 23.2 Å². The Morgan fingerprint density at radius 3 is 2.54 bits per heavy atom. The molecule has 1 heterocycles. The average Bonchev–Trinajstić information content (AvgIpc) is 3.09. The van der Waals surface area contributed by atoms with Gasteiger partial charge < -0.3 is 10.4 Å². The predicted molar refractivity (Wildman–Crippen MR) is 107 cm³/mol. The Balaban J connectivity index is 1.86. The van der Waals surface area contributed by atoms with Crippen molar-refractivity contribution in [2.45, 2.75) is 20.5 Å². The summed E-state index contributed by atoms with van der Waals surface area (Å²) in [5.74, 6) is -0.289. The van der Waals surface area contributed by atoms with Crippen molar-refractivity contribution in [1.82, 2.24) is 4.98 Å². The number of halogens is 2. The van der Waals surface area contributed by atoms with Gasteiger partial charge in [0.25, 0.3) is 5.91 Å². The molecule has 2 aromatic carbocycles. The van der Waals surface area contributed by atoms with E-state index in [0.29, 0.717) is 26.3 Å². The summed E-state index contributed by atoms with van der Waals surface area (Å²) in [6.45, 7) is 3.74. The number of amides is 1. The molecule has 0 unspecified atom stereocenters. The number of carbonyl (C=O) groups excluding carboxylic acids is 1. The van der Waals surface area contributed by atoms with Gasteiger partial charge in [-0.1, -0.05) is 35.3 Å². The highest BCUT2D eigenvalue weighted by Gasteiger charge is 2.16. The van der Waals surface area contributed by atoms with Crippen LogP contribution in [-0.2, 0) is 6.61 Å². The molecule has 1 aromatic heterocycles. The van der Waals surface area contributed by atoms with Crippen LogP contribution in [0.15, 0.2) is 35.7 Å². The van der Waals surface area contributed by atoms with Crippen LogP contribution < -0.4 is 5.32 Å². The zero-order valence-electron chi connectivity index (χ0n) is 14.1. The maximum Gasteiger partial charge on any atom is 0.284 e. The highest BCUT2D eigenvalue weighted by Crippen LogP contribution is 2.32. The first kappa shape index (κ1) is 18.9. The molecule has 0 aliphatic heterocycles. The van der Waals surface area contributed by atoms with Gasteiger partial charge in [-0.15, -0.1) is 11.3 Å². The molecule has 0 radical (unpaired) electrons. The molecule has 7 heteroatoms. The topological polar surface area (TPSA) is 62.2 Å². The van der Waals surface area contributed by atoms with Crippen LogP contribution in [0.3, 0.4) is 0 Å². The number of aromatic nitrogens is 1. The third-order valence-corrected chi connectivity index (χ3v) is 5.32. The maximum atomic E-state index is 12.6. The van der Waals surface area contributed by atoms with E-state index in [1.165, 1.54) is 11.3 Å². The van der Waals surface area contributed by atoms with Crippen molar-refractivity contribution < 1.29 is 9.90 Å². The summed E-state index contributed by atoms with van der Waals surface area (Å²) in [6, 6.07) is 8.83. The summed E-state index contributed by atoms with van der Waals surface area (Å²) >= 11 is 13.5. The van der Waals surface area contributed by atoms with Crippen LogP contribution in [-0.4, -0.2) is 16.0 Å². The number of aliphatic hydroxyl groups excluding tert-OH is 1. The third-order valence-electron chi connectivity index (χ3n) is 3.92. The largest absolute Gasteiger partial charge is 0.392 e. The van der Waals surface area contributed by atoms with Crippen LogP contribution in [0.5, 0.6) is 0 Å². The maximum absolute atomic E-state index is 12.6. The van der Waals surface area contributed by atoms with E-state index in [9.17, 15) is 9.90 Å². The molecular weight excluding hydrogens is 391 g/mol. The number of hydrogen-bond acceptors (Lipinski definition) is 4. The van der Waals surface area contributed by atoms with Gasteiger partial charge in [-0.25, -0.2) is 4.98 Å². The lowest BCUT2D eigenvalue weighted by Gasteiger charge is -2.12. The molecule has 0 fully saturated rings. The minimum atomic E-state index is -0.289. The van der Waals surface area contributed by atoms with Gasteiger partial charge in [-0.05, 0) is 48.7 Å². The molecule has 0 aliphatic carbocycles. The second kappa shape index (κ2) is 7.76. The second-order valence-electron chi connectivity index (χ2n) is 5.88. The summed E-state index contributed by atoms with van der Waals surface area (Å²) < 4.78 is 0. The first-order valence-electron chi connectivity index (χ1n) is 7.82. The fourth-order valence-electron chi connectivity index (χ4n) is 2.70. The van der Waals surface area contributed by atoms with Crippen molar-refractivity contribution in [3.63, 3.8) is 0 Å². The molecule has 0 atom stereocenters. The minimum absolute atomic E-state index is 0.0356. The molecular formula is C19H16Cl2N2O2S. The lowest BCUT2D eigenvalue weighted by Crippen LogP contribution is -2.14. The SMILES string of the molecule is Cc1cc(CO)cc(C)c1NC(=O)c1nc(-c2cc(Cl)ccc2Cl)cs1. The number of thiazole rings is 1. The molecule has 0 bridgehead atoms. The van der Waals surface area contributed by atoms with Crippen molar-refractivity contribution in [3.8, 4) is 11.3 Å². The summed E-state index contributed by atoms with van der Waals surface area (Å²) in [5, 5.41) is 15.4. The molecule has 0 saturated heterocycles. The molecule has 4 nitrogen and oxygen atoms in total. The van der Waals surface area contributed by atoms with Crippen molar-refractivity contribution >= 4 is 46.1 Å². The number of aliphatic hydroxyl groups is 1. The summed E-state index contributed by atoms with van der Waals surface area (Å²) in [6.07, 6.45) is 0. The Morgan fingerprint density at radius 1 is 1.19 bits per heavy atom. The standard InChI is InChI=1S/C19H16Cl2N2O2S/c1-10-5-12(8-24)6-11(2)17(10)23-18(25)19-22-16(9-26-19)14-7-13(20)3-4-15(14)21/h3-7,9,24H,8H2,1-2H3,(H,23,25). The zero-order valence-corrected chi connectivity index (χ0v) is 16.5. The van der Waals surface area contributed by atoms with Crippen LogP contribution in [0.2, 0.25) is 10.0 Å². The molecule has 3 aromatic rings. The number of aryl methyl sites for hydroxylation is 2. The normalized spacial score (nSPS) is 10.8. The highest BCUT2D eigenvalue weighted by molar-refractivity contribution is 7.12. The first-order chi connectivity index (χ1) is 12.4. The highest BCUT2D eigenvalue weighted by atomic mass is 35.5. The van der Waals surface area contributed by atoms with E-state index >= 15 is 0 Å². The number of benzene rings is 2. The van der Waals surface area contributed by atoms with Gasteiger partial charge in [-0.2, -0.15) is 0 Å². The van der Waals surface area contributed by atoms with Gasteiger partial charge >= 0.3 is 0 Å². The van der Waals surface area contributed by atoms with Crippen molar-refractivity contribution in [1.29, 1.82) is 0 Å². The minimum Gasteiger partial charge on any atom is -0.392 e. The fraction of sp³-hybridized carbons (Fsp3) is 0.158. The van der Waals surface area contributed by atoms with Gasteiger partial charge in [0.1, 0.15) is 0 Å². The summed E-state index contributed by atoms with van der Waals surface area (Å²) in [7, 11) is 0. The van der Waals surface area contributed by atoms with Gasteiger partial charge in [0, 0.05) is 21.7 Å². The fourth-order valence-corrected chi connectivity index (χ4v) is 3.80. The molecule has 26 heavy (non-hydrogen) atoms. The molecule has 0 saturated carbocycles. The van der Waals surface area contributed by atoms with Crippen LogP contribution >= 0.6 is 34.5 Å². The number of carbonyl (C=O) groups is 1. The summed E-state index contributed by atoms with van der Waals surface area (Å²) in [4.78, 5) is 17.0. The molecule has 2 N–H and O–H groups in total. The lowest BCUT2D eigenvalue weighted by molar-refractivity contribution is 0.102. The van der Waals surface area contributed by atoms with Crippen LogP contribution in [0.1, 0.15) is 26.5 Å². The van der Waals surface area contributed by atoms with E-state index in [2.05, 4.69) is 10.3 Å². The Labute approximate surface area is 165 Å². The number of anilines is 1. The van der Waals surface area contributed by atoms with Gasteiger partial charge in [-0.3, -0.25) is 4.79 Å². The Morgan fingerprint density at radius 2 is 1.88 bits per heavy atom. The Hall–Kier alpha value is -1.92. The number of hydrogen-bond donors (Lipinski definition) is 2. The van der Waals surface area contributed by atoms with Gasteiger partial charge in [0.15, 0.2) is 5.01 Å². The Kier molecular flexibility index (Phi) is 5.63. The van der Waals surface area contributed by atoms with Crippen molar-refractivity contribution in [2.24, 2.45) is 0 Å².